The van der Waals surface area contributed by atoms with Gasteiger partial charge in [-0.2, -0.15) is 8.78 Å². The number of alkyl halides is 2. The Labute approximate surface area is 86.1 Å². The number of rotatable bonds is 2. The van der Waals surface area contributed by atoms with E-state index in [0.717, 1.165) is 6.07 Å². The van der Waals surface area contributed by atoms with Crippen molar-refractivity contribution >= 4 is 21.9 Å². The Balaban J connectivity index is 3.31. The number of phenolic OH excluding ortho intramolecular Hbond substituents is 1. The average molecular weight is 267 g/mol. The van der Waals surface area contributed by atoms with Gasteiger partial charge in [-0.15, -0.1) is 0 Å². The lowest BCUT2D eigenvalue weighted by Crippen LogP contribution is -2.25. The van der Waals surface area contributed by atoms with Crippen LogP contribution in [-0.2, 0) is 10.7 Å². The summed E-state index contributed by atoms with van der Waals surface area (Å²) in [6.45, 7) is 0. The van der Waals surface area contributed by atoms with Crippen LogP contribution in [0.4, 0.5) is 8.78 Å². The van der Waals surface area contributed by atoms with Gasteiger partial charge in [0, 0.05) is 4.47 Å². The van der Waals surface area contributed by atoms with E-state index in [9.17, 15) is 13.6 Å². The lowest BCUT2D eigenvalue weighted by atomic mass is 10.1. The maximum Gasteiger partial charge on any atom is 0.379 e. The number of phenols is 1. The molecule has 0 aromatic heterocycles. The number of aromatic hydroxyl groups is 1. The summed E-state index contributed by atoms with van der Waals surface area (Å²) in [5.41, 5.74) is -0.773. The molecule has 1 rings (SSSR count). The van der Waals surface area contributed by atoms with Crippen molar-refractivity contribution in [2.24, 2.45) is 0 Å². The molecular weight excluding hydrogens is 262 g/mol. The molecule has 0 unspecified atom stereocenters. The van der Waals surface area contributed by atoms with Crippen LogP contribution in [0.2, 0.25) is 0 Å². The molecule has 0 saturated heterocycles. The first kappa shape index (κ1) is 10.9. The highest BCUT2D eigenvalue weighted by Crippen LogP contribution is 2.35. The van der Waals surface area contributed by atoms with Crippen LogP contribution < -0.4 is 0 Å². The van der Waals surface area contributed by atoms with Crippen molar-refractivity contribution in [2.45, 2.75) is 5.92 Å². The zero-order chi connectivity index (χ0) is 10.9. The van der Waals surface area contributed by atoms with Gasteiger partial charge in [-0.25, -0.2) is 4.79 Å². The van der Waals surface area contributed by atoms with E-state index >= 15 is 0 Å². The van der Waals surface area contributed by atoms with Crippen LogP contribution in [0.1, 0.15) is 5.56 Å². The summed E-state index contributed by atoms with van der Waals surface area (Å²) in [7, 11) is 0. The highest BCUT2D eigenvalue weighted by atomic mass is 79.9. The second-order valence-electron chi connectivity index (χ2n) is 2.54. The van der Waals surface area contributed by atoms with Crippen LogP contribution in [0, 0.1) is 0 Å². The van der Waals surface area contributed by atoms with Crippen LogP contribution in [0.3, 0.4) is 0 Å². The predicted octanol–water partition coefficient (Wildman–Crippen LogP) is 2.33. The zero-order valence-corrected chi connectivity index (χ0v) is 8.25. The van der Waals surface area contributed by atoms with Crippen LogP contribution >= 0.6 is 15.9 Å². The number of hydrogen-bond donors (Lipinski definition) is 2. The number of aliphatic carboxylic acids is 1. The Morgan fingerprint density at radius 3 is 2.50 bits per heavy atom. The van der Waals surface area contributed by atoms with E-state index in [-0.39, 0.29) is 4.47 Å². The molecular formula is C8H5BrF2O3. The third-order valence-electron chi connectivity index (χ3n) is 1.56. The van der Waals surface area contributed by atoms with Gasteiger partial charge in [-0.1, -0.05) is 15.9 Å². The first-order valence-corrected chi connectivity index (χ1v) is 4.25. The van der Waals surface area contributed by atoms with E-state index in [1.807, 2.05) is 0 Å². The Bertz CT molecular complexity index is 379. The molecule has 0 atom stereocenters. The summed E-state index contributed by atoms with van der Waals surface area (Å²) in [5.74, 6) is -6.69. The first-order valence-electron chi connectivity index (χ1n) is 3.46. The van der Waals surface area contributed by atoms with Gasteiger partial charge in [0.15, 0.2) is 0 Å². The van der Waals surface area contributed by atoms with Crippen molar-refractivity contribution in [3.63, 3.8) is 0 Å². The SMILES string of the molecule is O=C(O)C(F)(F)c1cc(O)ccc1Br. The summed E-state index contributed by atoms with van der Waals surface area (Å²) in [5, 5.41) is 17.2. The number of carbonyl (C=O) groups is 1. The molecule has 0 spiro atoms. The van der Waals surface area contributed by atoms with Crippen molar-refractivity contribution in [1.82, 2.24) is 0 Å². The smallest absolute Gasteiger partial charge is 0.379 e. The molecule has 1 aromatic rings. The number of carboxylic acid groups (broad SMARTS) is 1. The van der Waals surface area contributed by atoms with Gasteiger partial charge in [0.25, 0.3) is 0 Å². The van der Waals surface area contributed by atoms with Crippen molar-refractivity contribution in [3.8, 4) is 5.75 Å². The third-order valence-corrected chi connectivity index (χ3v) is 2.25. The summed E-state index contributed by atoms with van der Waals surface area (Å²) in [4.78, 5) is 10.2. The van der Waals surface area contributed by atoms with Gasteiger partial charge in [-0.05, 0) is 18.2 Å². The van der Waals surface area contributed by atoms with Crippen LogP contribution in [0.15, 0.2) is 22.7 Å². The predicted molar refractivity (Wildman–Crippen MR) is 47.3 cm³/mol. The monoisotopic (exact) mass is 266 g/mol. The summed E-state index contributed by atoms with van der Waals surface area (Å²) in [6.07, 6.45) is 0. The standard InChI is InChI=1S/C8H5BrF2O3/c9-6-2-1-4(12)3-5(6)8(10,11)7(13)14/h1-3,12H,(H,13,14). The molecule has 3 nitrogen and oxygen atoms in total. The summed E-state index contributed by atoms with van der Waals surface area (Å²) >= 11 is 2.78. The zero-order valence-electron chi connectivity index (χ0n) is 6.67. The number of hydrogen-bond acceptors (Lipinski definition) is 2. The van der Waals surface area contributed by atoms with E-state index in [4.69, 9.17) is 10.2 Å². The number of benzene rings is 1. The van der Waals surface area contributed by atoms with Crippen molar-refractivity contribution in [1.29, 1.82) is 0 Å². The second-order valence-corrected chi connectivity index (χ2v) is 3.40. The molecule has 6 heteroatoms. The largest absolute Gasteiger partial charge is 0.508 e. The Morgan fingerprint density at radius 1 is 1.43 bits per heavy atom. The minimum Gasteiger partial charge on any atom is -0.508 e. The maximum absolute atomic E-state index is 13.0. The average Bonchev–Trinajstić information content (AvgIpc) is 2.08. The fourth-order valence-electron chi connectivity index (χ4n) is 0.869. The summed E-state index contributed by atoms with van der Waals surface area (Å²) in [6, 6.07) is 3.03. The second kappa shape index (κ2) is 3.53. The fraction of sp³-hybridized carbons (Fsp3) is 0.125. The summed E-state index contributed by atoms with van der Waals surface area (Å²) < 4.78 is 25.9. The highest BCUT2D eigenvalue weighted by molar-refractivity contribution is 9.10. The molecule has 0 aliphatic heterocycles. The van der Waals surface area contributed by atoms with Gasteiger partial charge in [0.2, 0.25) is 0 Å². The van der Waals surface area contributed by atoms with Gasteiger partial charge < -0.3 is 10.2 Å². The Kier molecular flexibility index (Phi) is 2.75. The molecule has 0 fully saturated rings. The third kappa shape index (κ3) is 1.84. The highest BCUT2D eigenvalue weighted by Gasteiger charge is 2.42. The van der Waals surface area contributed by atoms with E-state index < -0.39 is 23.2 Å². The molecule has 2 N–H and O–H groups in total. The topological polar surface area (TPSA) is 57.5 Å². The fourth-order valence-corrected chi connectivity index (χ4v) is 1.36. The number of carboxylic acids is 1. The minimum atomic E-state index is -4.02. The van der Waals surface area contributed by atoms with Crippen molar-refractivity contribution in [2.75, 3.05) is 0 Å². The normalized spacial score (nSPS) is 11.4. The van der Waals surface area contributed by atoms with Crippen LogP contribution in [0.25, 0.3) is 0 Å². The molecule has 76 valence electrons. The molecule has 1 aromatic carbocycles. The maximum atomic E-state index is 13.0. The quantitative estimate of drug-likeness (QED) is 0.864. The van der Waals surface area contributed by atoms with Gasteiger partial charge in [0.1, 0.15) is 5.75 Å². The Hall–Kier alpha value is -1.17. The molecule has 14 heavy (non-hydrogen) atoms. The minimum absolute atomic E-state index is 0.0669. The van der Waals surface area contributed by atoms with E-state index in [2.05, 4.69) is 15.9 Å². The molecule has 0 aliphatic rings. The molecule has 0 bridgehead atoms. The van der Waals surface area contributed by atoms with E-state index in [1.54, 1.807) is 0 Å². The van der Waals surface area contributed by atoms with Crippen LogP contribution in [-0.4, -0.2) is 16.2 Å². The van der Waals surface area contributed by atoms with Crippen molar-refractivity contribution < 1.29 is 23.8 Å². The van der Waals surface area contributed by atoms with Crippen LogP contribution in [0.5, 0.6) is 5.75 Å². The molecule has 0 amide bonds. The first-order chi connectivity index (χ1) is 6.35. The van der Waals surface area contributed by atoms with Gasteiger partial charge >= 0.3 is 11.9 Å². The molecule has 0 aliphatic carbocycles. The number of halogens is 3. The van der Waals surface area contributed by atoms with Crippen molar-refractivity contribution in [3.05, 3.63) is 28.2 Å². The lowest BCUT2D eigenvalue weighted by molar-refractivity contribution is -0.166. The molecule has 0 heterocycles. The lowest BCUT2D eigenvalue weighted by Gasteiger charge is -2.13. The van der Waals surface area contributed by atoms with E-state index in [0.29, 0.717) is 6.07 Å². The van der Waals surface area contributed by atoms with Gasteiger partial charge in [0.05, 0.1) is 5.56 Å². The Morgan fingerprint density at radius 2 is 2.00 bits per heavy atom. The van der Waals surface area contributed by atoms with E-state index in [1.165, 1.54) is 6.07 Å². The molecule has 0 radical (unpaired) electrons. The van der Waals surface area contributed by atoms with Gasteiger partial charge in [-0.3, -0.25) is 0 Å². The molecule has 0 saturated carbocycles.